The van der Waals surface area contributed by atoms with Crippen molar-refractivity contribution in [1.82, 2.24) is 0 Å². The molecule has 0 atom stereocenters. The Hall–Kier alpha value is -0.970. The minimum atomic E-state index is -1.16. The van der Waals surface area contributed by atoms with E-state index in [1.165, 1.54) is 12.1 Å². The first-order chi connectivity index (χ1) is 7.11. The molecule has 1 aromatic rings. The average molecular weight is 279 g/mol. The molecule has 0 aliphatic rings. The Morgan fingerprint density at radius 3 is 2.60 bits per heavy atom. The average Bonchev–Trinajstić information content (AvgIpc) is 2.22. The molecule has 0 aliphatic carbocycles. The molecule has 0 bridgehead atoms. The van der Waals surface area contributed by atoms with Gasteiger partial charge in [0.1, 0.15) is 0 Å². The summed E-state index contributed by atoms with van der Waals surface area (Å²) in [5, 5.41) is 0.193. The highest BCUT2D eigenvalue weighted by molar-refractivity contribution is 9.08. The van der Waals surface area contributed by atoms with Gasteiger partial charge in [-0.25, -0.2) is 13.6 Å². The second-order valence-electron chi connectivity index (χ2n) is 2.75. The summed E-state index contributed by atoms with van der Waals surface area (Å²) in [6.45, 7) is 1.72. The zero-order chi connectivity index (χ0) is 11.4. The normalized spacial score (nSPS) is 10.1. The van der Waals surface area contributed by atoms with Gasteiger partial charge >= 0.3 is 5.97 Å². The van der Waals surface area contributed by atoms with Crippen LogP contribution < -0.4 is 0 Å². The molecule has 2 nitrogen and oxygen atoms in total. The predicted molar refractivity (Wildman–Crippen MR) is 54.9 cm³/mol. The lowest BCUT2D eigenvalue weighted by atomic mass is 10.1. The molecule has 5 heteroatoms. The molecule has 0 heterocycles. The Balaban J connectivity index is 3.11. The fourth-order valence-corrected chi connectivity index (χ4v) is 1.49. The molecule has 1 aromatic carbocycles. The quantitative estimate of drug-likeness (QED) is 0.628. The Kier molecular flexibility index (Phi) is 4.20. The molecular formula is C10H9BrF2O2. The summed E-state index contributed by atoms with van der Waals surface area (Å²) in [5.74, 6) is -3.03. The van der Waals surface area contributed by atoms with Crippen molar-refractivity contribution < 1.29 is 18.3 Å². The van der Waals surface area contributed by atoms with E-state index < -0.39 is 17.6 Å². The van der Waals surface area contributed by atoms with Crippen molar-refractivity contribution in [3.8, 4) is 0 Å². The van der Waals surface area contributed by atoms with Gasteiger partial charge in [0, 0.05) is 10.9 Å². The number of hydrogen-bond donors (Lipinski definition) is 0. The lowest BCUT2D eigenvalue weighted by Gasteiger charge is -2.05. The Morgan fingerprint density at radius 2 is 2.07 bits per heavy atom. The van der Waals surface area contributed by atoms with Crippen LogP contribution in [-0.4, -0.2) is 12.6 Å². The zero-order valence-corrected chi connectivity index (χ0v) is 9.61. The highest BCUT2D eigenvalue weighted by atomic mass is 79.9. The van der Waals surface area contributed by atoms with Gasteiger partial charge in [-0.05, 0) is 13.0 Å². The number of carbonyl (C=O) groups is 1. The standard InChI is InChI=1S/C10H9BrF2O2/c1-2-15-10(14)7-4-3-6(5-11)8(12)9(7)13/h3-4H,2,5H2,1H3. The van der Waals surface area contributed by atoms with Crippen molar-refractivity contribution >= 4 is 21.9 Å². The van der Waals surface area contributed by atoms with Crippen molar-refractivity contribution in [3.63, 3.8) is 0 Å². The molecule has 0 saturated heterocycles. The molecule has 0 fully saturated rings. The SMILES string of the molecule is CCOC(=O)c1ccc(CBr)c(F)c1F. The number of halogens is 3. The maximum absolute atomic E-state index is 13.3. The Labute approximate surface area is 94.4 Å². The zero-order valence-electron chi connectivity index (χ0n) is 8.02. The molecule has 0 saturated carbocycles. The van der Waals surface area contributed by atoms with Gasteiger partial charge in [0.2, 0.25) is 0 Å². The summed E-state index contributed by atoms with van der Waals surface area (Å²) in [6.07, 6.45) is 0. The van der Waals surface area contributed by atoms with E-state index >= 15 is 0 Å². The van der Waals surface area contributed by atoms with Crippen molar-refractivity contribution in [2.75, 3.05) is 6.61 Å². The van der Waals surface area contributed by atoms with Crippen molar-refractivity contribution in [2.45, 2.75) is 12.3 Å². The van der Waals surface area contributed by atoms with Crippen LogP contribution in [0.25, 0.3) is 0 Å². The molecular weight excluding hydrogens is 270 g/mol. The number of alkyl halides is 1. The molecule has 0 N–H and O–H groups in total. The van der Waals surface area contributed by atoms with E-state index in [1.54, 1.807) is 6.92 Å². The second-order valence-corrected chi connectivity index (χ2v) is 3.32. The van der Waals surface area contributed by atoms with Crippen molar-refractivity contribution in [2.24, 2.45) is 0 Å². The molecule has 15 heavy (non-hydrogen) atoms. The molecule has 82 valence electrons. The molecule has 1 rings (SSSR count). The summed E-state index contributed by atoms with van der Waals surface area (Å²) in [7, 11) is 0. The van der Waals surface area contributed by atoms with E-state index in [9.17, 15) is 13.6 Å². The minimum absolute atomic E-state index is 0.125. The monoisotopic (exact) mass is 278 g/mol. The fraction of sp³-hybridized carbons (Fsp3) is 0.300. The van der Waals surface area contributed by atoms with E-state index in [-0.39, 0.29) is 23.1 Å². The van der Waals surface area contributed by atoms with E-state index in [1.807, 2.05) is 0 Å². The summed E-state index contributed by atoms with van der Waals surface area (Å²) < 4.78 is 31.2. The van der Waals surface area contributed by atoms with E-state index in [0.717, 1.165) is 0 Å². The number of carbonyl (C=O) groups excluding carboxylic acids is 1. The van der Waals surface area contributed by atoms with Gasteiger partial charge in [0.25, 0.3) is 0 Å². The van der Waals surface area contributed by atoms with Gasteiger partial charge in [-0.2, -0.15) is 0 Å². The van der Waals surface area contributed by atoms with E-state index in [2.05, 4.69) is 20.7 Å². The van der Waals surface area contributed by atoms with Crippen molar-refractivity contribution in [1.29, 1.82) is 0 Å². The van der Waals surface area contributed by atoms with Crippen LogP contribution in [0.1, 0.15) is 22.8 Å². The third-order valence-electron chi connectivity index (χ3n) is 1.80. The first-order valence-corrected chi connectivity index (χ1v) is 5.43. The van der Waals surface area contributed by atoms with Crippen LogP contribution in [0, 0.1) is 11.6 Å². The minimum Gasteiger partial charge on any atom is -0.462 e. The summed E-state index contributed by atoms with van der Waals surface area (Å²) >= 11 is 3.01. The number of rotatable bonds is 3. The number of ether oxygens (including phenoxy) is 1. The van der Waals surface area contributed by atoms with Gasteiger partial charge in [0.05, 0.1) is 12.2 Å². The highest BCUT2D eigenvalue weighted by Crippen LogP contribution is 2.19. The van der Waals surface area contributed by atoms with Crippen LogP contribution in [0.5, 0.6) is 0 Å². The van der Waals surface area contributed by atoms with Crippen molar-refractivity contribution in [3.05, 3.63) is 34.9 Å². The van der Waals surface area contributed by atoms with Gasteiger partial charge in [-0.1, -0.05) is 22.0 Å². The molecule has 0 amide bonds. The topological polar surface area (TPSA) is 26.3 Å². The van der Waals surface area contributed by atoms with Crippen LogP contribution in [0.3, 0.4) is 0 Å². The third kappa shape index (κ3) is 2.53. The fourth-order valence-electron chi connectivity index (χ4n) is 1.06. The second kappa shape index (κ2) is 5.21. The van der Waals surface area contributed by atoms with Crippen LogP contribution in [-0.2, 0) is 10.1 Å². The molecule has 0 radical (unpaired) electrons. The lowest BCUT2D eigenvalue weighted by molar-refractivity contribution is 0.0520. The molecule has 0 aromatic heterocycles. The maximum atomic E-state index is 13.3. The number of benzene rings is 1. The first kappa shape index (κ1) is 12.1. The van der Waals surface area contributed by atoms with Gasteiger partial charge in [-0.3, -0.25) is 0 Å². The largest absolute Gasteiger partial charge is 0.462 e. The smallest absolute Gasteiger partial charge is 0.341 e. The lowest BCUT2D eigenvalue weighted by Crippen LogP contribution is -2.09. The maximum Gasteiger partial charge on any atom is 0.341 e. The first-order valence-electron chi connectivity index (χ1n) is 4.31. The third-order valence-corrected chi connectivity index (χ3v) is 2.41. The Bertz CT molecular complexity index is 380. The summed E-state index contributed by atoms with van der Waals surface area (Å²) in [5.41, 5.74) is -0.209. The molecule has 0 unspecified atom stereocenters. The van der Waals surface area contributed by atoms with Gasteiger partial charge in [0.15, 0.2) is 11.6 Å². The predicted octanol–water partition coefficient (Wildman–Crippen LogP) is 3.04. The highest BCUT2D eigenvalue weighted by Gasteiger charge is 2.18. The molecule has 0 aliphatic heterocycles. The Morgan fingerprint density at radius 1 is 1.40 bits per heavy atom. The van der Waals surface area contributed by atoms with Crippen LogP contribution in [0.2, 0.25) is 0 Å². The molecule has 0 spiro atoms. The number of esters is 1. The summed E-state index contributed by atoms with van der Waals surface area (Å²) in [6, 6.07) is 2.56. The van der Waals surface area contributed by atoms with Crippen LogP contribution in [0.15, 0.2) is 12.1 Å². The van der Waals surface area contributed by atoms with E-state index in [0.29, 0.717) is 0 Å². The van der Waals surface area contributed by atoms with E-state index in [4.69, 9.17) is 0 Å². The van der Waals surface area contributed by atoms with Gasteiger partial charge < -0.3 is 4.74 Å². The van der Waals surface area contributed by atoms with Gasteiger partial charge in [-0.15, -0.1) is 0 Å². The van der Waals surface area contributed by atoms with Crippen LogP contribution in [0.4, 0.5) is 8.78 Å². The summed E-state index contributed by atoms with van der Waals surface area (Å²) in [4.78, 5) is 11.2. The van der Waals surface area contributed by atoms with Crippen LogP contribution >= 0.6 is 15.9 Å². The number of hydrogen-bond acceptors (Lipinski definition) is 2.